The zero-order valence-corrected chi connectivity index (χ0v) is 54.6. The minimum Gasteiger partial charge on any atom is -0.508 e. The third-order valence-corrected chi connectivity index (χ3v) is 16.6. The van der Waals surface area contributed by atoms with E-state index in [-0.39, 0.29) is 118 Å². The first-order valence-electron chi connectivity index (χ1n) is 28.8. The van der Waals surface area contributed by atoms with Crippen molar-refractivity contribution in [1.29, 1.82) is 0 Å². The molecule has 9 aromatic rings. The van der Waals surface area contributed by atoms with Gasteiger partial charge in [0, 0.05) is 52.4 Å². The van der Waals surface area contributed by atoms with Gasteiger partial charge in [0.2, 0.25) is 0 Å². The summed E-state index contributed by atoms with van der Waals surface area (Å²) in [5.41, 5.74) is 3.76. The summed E-state index contributed by atoms with van der Waals surface area (Å²) in [6.45, 7) is 7.47. The number of carbonyl (C=O) groups excluding carboxylic acids is 1. The Morgan fingerprint density at radius 2 is 0.990 bits per heavy atom. The highest BCUT2D eigenvalue weighted by Crippen LogP contribution is 2.47. The number of methoxy groups -OCH3 is 3. The second-order valence-electron chi connectivity index (χ2n) is 20.8. The van der Waals surface area contributed by atoms with Crippen LogP contribution >= 0.6 is 0 Å². The van der Waals surface area contributed by atoms with Crippen LogP contribution in [0.5, 0.6) is 46.0 Å². The van der Waals surface area contributed by atoms with Gasteiger partial charge in [-0.2, -0.15) is 45.7 Å². The molecule has 6 N–H and O–H groups in total. The van der Waals surface area contributed by atoms with Crippen LogP contribution in [0.1, 0.15) is 48.2 Å². The van der Waals surface area contributed by atoms with Crippen molar-refractivity contribution >= 4 is 120 Å². The molecule has 0 spiro atoms. The van der Waals surface area contributed by atoms with Gasteiger partial charge in [0.15, 0.2) is 5.75 Å². The third-order valence-electron chi connectivity index (χ3n) is 14.1. The van der Waals surface area contributed by atoms with E-state index < -0.39 is 63.2 Å². The van der Waals surface area contributed by atoms with Crippen LogP contribution in [-0.2, 0) is 30.4 Å². The second kappa shape index (κ2) is 30.0. The summed E-state index contributed by atoms with van der Waals surface area (Å²) in [6.07, 6.45) is 0.248. The molecule has 0 saturated carbocycles. The van der Waals surface area contributed by atoms with Gasteiger partial charge in [0.25, 0.3) is 36.3 Å². The third kappa shape index (κ3) is 17.3. The number of benzene rings is 9. The molecule has 0 unspecified atom stereocenters. The molecule has 0 aliphatic rings. The maximum Gasteiger partial charge on any atom is 0.296 e. The molecule has 0 aromatic heterocycles. The SMILES string of the molecule is CCOc1cc(N=Nc2ccc(C(=O)Nc3ccc4cc(S(=O)(=O)O)cc(OCCCCS(=O)(=O)O)c4c3)cc2OC)c(OCC)cc1N=Nc1cc(OC)c(N=Nc2cc(OC)c(N=Nc3c(S(=O)(=O)O)cc4cc(N=Nc5ccc(O)cc5)ccc4c3O)cc2C)cc1C. The van der Waals surface area contributed by atoms with Crippen molar-refractivity contribution in [2.75, 3.05) is 52.2 Å². The van der Waals surface area contributed by atoms with E-state index in [2.05, 4.69) is 56.5 Å². The largest absolute Gasteiger partial charge is 0.508 e. The van der Waals surface area contributed by atoms with Crippen molar-refractivity contribution in [3.8, 4) is 46.0 Å². The lowest BCUT2D eigenvalue weighted by Gasteiger charge is -2.13. The van der Waals surface area contributed by atoms with Crippen LogP contribution < -0.4 is 33.7 Å². The molecule has 0 aliphatic heterocycles. The number of rotatable bonds is 27. The zero-order valence-electron chi connectivity index (χ0n) is 52.2. The lowest BCUT2D eigenvalue weighted by atomic mass is 10.1. The van der Waals surface area contributed by atoms with Crippen LogP contribution in [0.2, 0.25) is 0 Å². The van der Waals surface area contributed by atoms with E-state index in [4.69, 9.17) is 33.0 Å². The molecule has 0 fully saturated rings. The Bertz CT molecular complexity index is 4990. The fourth-order valence-corrected chi connectivity index (χ4v) is 11.1. The second-order valence-corrected chi connectivity index (χ2v) is 25.1. The summed E-state index contributed by atoms with van der Waals surface area (Å²) < 4.78 is 136. The average molecular weight is 1370 g/mol. The minimum atomic E-state index is -4.97. The number of nitrogens with zero attached hydrogens (tertiary/aromatic N) is 10. The molecule has 0 atom stereocenters. The number of azo groups is 5. The molecule has 0 heterocycles. The van der Waals surface area contributed by atoms with Crippen LogP contribution in [0.3, 0.4) is 0 Å². The van der Waals surface area contributed by atoms with Gasteiger partial charge in [-0.3, -0.25) is 18.5 Å². The van der Waals surface area contributed by atoms with Gasteiger partial charge >= 0.3 is 0 Å². The average Bonchev–Trinajstić information content (AvgIpc) is 0.793. The zero-order chi connectivity index (χ0) is 69.1. The Balaban J connectivity index is 0.908. The lowest BCUT2D eigenvalue weighted by molar-refractivity contribution is 0.102. The Morgan fingerprint density at radius 1 is 0.458 bits per heavy atom. The Morgan fingerprint density at radius 3 is 1.55 bits per heavy atom. The molecule has 0 radical (unpaired) electrons. The highest BCUT2D eigenvalue weighted by Gasteiger charge is 2.24. The van der Waals surface area contributed by atoms with Crippen molar-refractivity contribution in [1.82, 2.24) is 0 Å². The van der Waals surface area contributed by atoms with E-state index in [1.807, 2.05) is 0 Å². The number of ether oxygens (including phenoxy) is 6. The molecule has 32 heteroatoms. The quantitative estimate of drug-likeness (QED) is 0.0158. The Hall–Kier alpha value is -10.9. The van der Waals surface area contributed by atoms with Crippen molar-refractivity contribution in [2.24, 2.45) is 51.1 Å². The number of hydrogen-bond acceptors (Lipinski definition) is 25. The number of hydrogen-bond donors (Lipinski definition) is 6. The first-order valence-corrected chi connectivity index (χ1v) is 33.3. The fourth-order valence-electron chi connectivity index (χ4n) is 9.33. The van der Waals surface area contributed by atoms with Gasteiger partial charge in [-0.1, -0.05) is 6.07 Å². The highest BCUT2D eigenvalue weighted by atomic mass is 32.2. The topological polar surface area (TPSA) is 412 Å². The minimum absolute atomic E-state index is 0.0335. The number of nitrogens with one attached hydrogen (secondary N) is 1. The number of amides is 1. The van der Waals surface area contributed by atoms with Gasteiger partial charge in [-0.15, -0.1) is 30.7 Å². The first kappa shape index (κ1) is 69.4. The number of anilines is 1. The summed E-state index contributed by atoms with van der Waals surface area (Å²) in [5.74, 6) is -0.396. The highest BCUT2D eigenvalue weighted by molar-refractivity contribution is 7.86. The van der Waals surface area contributed by atoms with Crippen molar-refractivity contribution in [2.45, 2.75) is 50.3 Å². The van der Waals surface area contributed by atoms with Crippen molar-refractivity contribution < 1.29 is 82.3 Å². The lowest BCUT2D eigenvalue weighted by Crippen LogP contribution is -2.12. The number of aryl methyl sites for hydroxylation is 2. The number of fused-ring (bicyclic) bond motifs is 2. The summed E-state index contributed by atoms with van der Waals surface area (Å²) in [5, 5.41) is 68.3. The molecule has 9 aromatic carbocycles. The summed E-state index contributed by atoms with van der Waals surface area (Å²) in [6, 6.07) is 32.5. The Labute approximate surface area is 549 Å². The maximum atomic E-state index is 13.7. The standard InChI is InChI=1S/C64H61N11O18S3/c1-8-91-59-35-54(60(92-9-2)34-53(59)72-68-48-21-13-39(28-56(48)88-5)64(78)65-42-14-12-38-27-45(95(82,83)84)31-55(47(38)30-42)93-22-10-11-23-94(79,80)81)73-70-50-32-57(89-6)51(24-36(50)3)71-69-49-33-58(90-7)52(25-37(49)4)74-75-62-61(96(85,86)87)29-40-26-43(17-20-46(40)63(62)77)67-66-41-15-18-44(76)19-16-41/h12-21,24-35,76-77H,8-11,22-23H2,1-7H3,(H,65,78)(H,79,80,81)(H,82,83,84)(H,85,86,87). The molecule has 29 nitrogen and oxygen atoms in total. The fraction of sp³-hybridized carbons (Fsp3) is 0.203. The normalized spacial score (nSPS) is 12.3. The van der Waals surface area contributed by atoms with Gasteiger partial charge in [0.05, 0.1) is 74.5 Å². The smallest absolute Gasteiger partial charge is 0.296 e. The molecule has 0 aliphatic carbocycles. The van der Waals surface area contributed by atoms with E-state index >= 15 is 0 Å². The number of phenolic OH excluding ortho intramolecular Hbond substituents is 2. The van der Waals surface area contributed by atoms with Gasteiger partial charge in [-0.25, -0.2) is 0 Å². The monoisotopic (exact) mass is 1370 g/mol. The number of carbonyl (C=O) groups is 1. The molecule has 0 saturated heterocycles. The van der Waals surface area contributed by atoms with Crippen LogP contribution in [0.4, 0.5) is 62.6 Å². The molecule has 0 bridgehead atoms. The summed E-state index contributed by atoms with van der Waals surface area (Å²) in [7, 11) is -9.61. The van der Waals surface area contributed by atoms with E-state index in [9.17, 15) is 49.4 Å². The van der Waals surface area contributed by atoms with Crippen molar-refractivity contribution in [3.05, 3.63) is 150 Å². The molecular weight excluding hydrogens is 1310 g/mol. The van der Waals surface area contributed by atoms with Crippen LogP contribution in [0.25, 0.3) is 21.5 Å². The molecule has 96 heavy (non-hydrogen) atoms. The molecule has 9 rings (SSSR count). The van der Waals surface area contributed by atoms with Crippen LogP contribution in [0, 0.1) is 13.8 Å². The van der Waals surface area contributed by atoms with Gasteiger partial charge in [-0.05, 0) is 159 Å². The van der Waals surface area contributed by atoms with Gasteiger partial charge < -0.3 is 44.0 Å². The maximum absolute atomic E-state index is 13.7. The number of unbranched alkanes of at least 4 members (excludes halogenated alkanes) is 1. The Kier molecular flexibility index (Phi) is 21.7. The predicted octanol–water partition coefficient (Wildman–Crippen LogP) is 16.7. The number of aromatic hydroxyl groups is 2. The van der Waals surface area contributed by atoms with E-state index in [1.165, 1.54) is 100 Å². The molecule has 498 valence electrons. The van der Waals surface area contributed by atoms with Crippen molar-refractivity contribution in [3.63, 3.8) is 0 Å². The predicted molar refractivity (Wildman–Crippen MR) is 355 cm³/mol. The van der Waals surface area contributed by atoms with Crippen LogP contribution in [-0.4, -0.2) is 102 Å². The van der Waals surface area contributed by atoms with E-state index in [0.29, 0.717) is 50.3 Å². The molecule has 1 amide bonds. The van der Waals surface area contributed by atoms with Crippen LogP contribution in [0.15, 0.2) is 194 Å². The molecular formula is C64H61N11O18S3. The van der Waals surface area contributed by atoms with E-state index in [0.717, 1.165) is 12.1 Å². The van der Waals surface area contributed by atoms with Gasteiger partial charge in [0.1, 0.15) is 79.3 Å². The van der Waals surface area contributed by atoms with E-state index in [1.54, 1.807) is 70.2 Å². The number of phenols is 2. The summed E-state index contributed by atoms with van der Waals surface area (Å²) >= 11 is 0. The first-order chi connectivity index (χ1) is 45.7. The summed E-state index contributed by atoms with van der Waals surface area (Å²) in [4.78, 5) is 12.5.